The standard InChI is InChI=1S/C14H19N5O/c1-8-5-9(2)19-13(17-8)11(7-16-19)14(20)18-12(6-15)10-3-4-10/h5,7,10,12H,3-4,6,15H2,1-2H3,(H,18,20). The first-order valence-electron chi connectivity index (χ1n) is 6.93. The third-order valence-corrected chi connectivity index (χ3v) is 3.78. The number of hydrogen-bond donors (Lipinski definition) is 2. The Bertz CT molecular complexity index is 659. The lowest BCUT2D eigenvalue weighted by Crippen LogP contribution is -2.41. The Kier molecular flexibility index (Phi) is 3.17. The summed E-state index contributed by atoms with van der Waals surface area (Å²) in [7, 11) is 0. The van der Waals surface area contributed by atoms with E-state index in [1.54, 1.807) is 10.7 Å². The molecular formula is C14H19N5O. The van der Waals surface area contributed by atoms with Gasteiger partial charge in [-0.15, -0.1) is 0 Å². The molecular weight excluding hydrogens is 254 g/mol. The highest BCUT2D eigenvalue weighted by Gasteiger charge is 2.32. The first-order chi connectivity index (χ1) is 9.60. The van der Waals surface area contributed by atoms with E-state index in [0.29, 0.717) is 23.7 Å². The van der Waals surface area contributed by atoms with Gasteiger partial charge < -0.3 is 11.1 Å². The van der Waals surface area contributed by atoms with Crippen molar-refractivity contribution in [2.75, 3.05) is 6.54 Å². The Hall–Kier alpha value is -1.95. The van der Waals surface area contributed by atoms with Gasteiger partial charge in [-0.05, 0) is 38.7 Å². The second-order valence-electron chi connectivity index (χ2n) is 5.49. The first kappa shape index (κ1) is 13.1. The largest absolute Gasteiger partial charge is 0.348 e. The van der Waals surface area contributed by atoms with E-state index in [1.807, 2.05) is 19.9 Å². The maximum Gasteiger partial charge on any atom is 0.257 e. The van der Waals surface area contributed by atoms with Gasteiger partial charge in [0.25, 0.3) is 5.91 Å². The fourth-order valence-corrected chi connectivity index (χ4v) is 2.54. The molecule has 1 saturated carbocycles. The molecule has 20 heavy (non-hydrogen) atoms. The summed E-state index contributed by atoms with van der Waals surface area (Å²) in [5, 5.41) is 7.24. The van der Waals surface area contributed by atoms with Crippen LogP contribution in [0.2, 0.25) is 0 Å². The molecule has 2 aromatic heterocycles. The van der Waals surface area contributed by atoms with Gasteiger partial charge in [0.2, 0.25) is 0 Å². The average Bonchev–Trinajstić information content (AvgIpc) is 3.15. The maximum atomic E-state index is 12.4. The second-order valence-corrected chi connectivity index (χ2v) is 5.49. The van der Waals surface area contributed by atoms with Crippen LogP contribution in [0.1, 0.15) is 34.6 Å². The Morgan fingerprint density at radius 1 is 1.55 bits per heavy atom. The van der Waals surface area contributed by atoms with Gasteiger partial charge in [0, 0.05) is 24.0 Å². The minimum absolute atomic E-state index is 0.0587. The van der Waals surface area contributed by atoms with Crippen LogP contribution in [0.15, 0.2) is 12.3 Å². The van der Waals surface area contributed by atoms with Crippen LogP contribution >= 0.6 is 0 Å². The van der Waals surface area contributed by atoms with Crippen LogP contribution < -0.4 is 11.1 Å². The molecule has 0 radical (unpaired) electrons. The van der Waals surface area contributed by atoms with Gasteiger partial charge in [0.05, 0.1) is 6.20 Å². The van der Waals surface area contributed by atoms with Crippen molar-refractivity contribution in [3.63, 3.8) is 0 Å². The summed E-state index contributed by atoms with van der Waals surface area (Å²) in [5.74, 6) is 0.391. The van der Waals surface area contributed by atoms with Gasteiger partial charge in [-0.3, -0.25) is 4.79 Å². The number of carbonyl (C=O) groups excluding carboxylic acids is 1. The molecule has 0 spiro atoms. The fraction of sp³-hybridized carbons (Fsp3) is 0.500. The van der Waals surface area contributed by atoms with E-state index in [-0.39, 0.29) is 11.9 Å². The summed E-state index contributed by atoms with van der Waals surface area (Å²) in [6.07, 6.45) is 3.87. The number of hydrogen-bond acceptors (Lipinski definition) is 4. The number of nitrogens with two attached hydrogens (primary N) is 1. The van der Waals surface area contributed by atoms with Crippen LogP contribution in [0.3, 0.4) is 0 Å². The van der Waals surface area contributed by atoms with Crippen molar-refractivity contribution in [1.82, 2.24) is 19.9 Å². The summed E-state index contributed by atoms with van der Waals surface area (Å²) >= 11 is 0. The Morgan fingerprint density at radius 3 is 2.95 bits per heavy atom. The molecule has 106 valence electrons. The molecule has 0 saturated heterocycles. The molecule has 0 aliphatic heterocycles. The van der Waals surface area contributed by atoms with Gasteiger partial charge in [-0.25, -0.2) is 9.50 Å². The van der Waals surface area contributed by atoms with E-state index in [0.717, 1.165) is 24.2 Å². The highest BCUT2D eigenvalue weighted by Crippen LogP contribution is 2.32. The number of aryl methyl sites for hydroxylation is 2. The maximum absolute atomic E-state index is 12.4. The van der Waals surface area contributed by atoms with Crippen molar-refractivity contribution in [2.45, 2.75) is 32.7 Å². The minimum Gasteiger partial charge on any atom is -0.348 e. The molecule has 0 aromatic carbocycles. The number of carbonyl (C=O) groups is 1. The van der Waals surface area contributed by atoms with Crippen molar-refractivity contribution in [3.05, 3.63) is 29.2 Å². The summed E-state index contributed by atoms with van der Waals surface area (Å²) in [4.78, 5) is 16.8. The van der Waals surface area contributed by atoms with Crippen LogP contribution in [-0.4, -0.2) is 33.1 Å². The van der Waals surface area contributed by atoms with E-state index in [1.165, 1.54) is 0 Å². The zero-order valence-corrected chi connectivity index (χ0v) is 11.8. The Labute approximate surface area is 117 Å². The SMILES string of the molecule is Cc1cc(C)n2ncc(C(=O)NC(CN)C3CC3)c2n1. The monoisotopic (exact) mass is 273 g/mol. The predicted molar refractivity (Wildman–Crippen MR) is 75.5 cm³/mol. The molecule has 0 bridgehead atoms. The number of nitrogens with one attached hydrogen (secondary N) is 1. The van der Waals surface area contributed by atoms with Gasteiger partial charge >= 0.3 is 0 Å². The van der Waals surface area contributed by atoms with Crippen LogP contribution in [-0.2, 0) is 0 Å². The van der Waals surface area contributed by atoms with Gasteiger partial charge in [-0.1, -0.05) is 0 Å². The lowest BCUT2D eigenvalue weighted by molar-refractivity contribution is 0.0935. The van der Waals surface area contributed by atoms with Gasteiger partial charge in [0.15, 0.2) is 5.65 Å². The quantitative estimate of drug-likeness (QED) is 0.863. The van der Waals surface area contributed by atoms with Crippen LogP contribution in [0.25, 0.3) is 5.65 Å². The third-order valence-electron chi connectivity index (χ3n) is 3.78. The molecule has 3 N–H and O–H groups in total. The lowest BCUT2D eigenvalue weighted by Gasteiger charge is -2.15. The Balaban J connectivity index is 1.91. The van der Waals surface area contributed by atoms with Crippen molar-refractivity contribution in [3.8, 4) is 0 Å². The van der Waals surface area contributed by atoms with Crippen molar-refractivity contribution >= 4 is 11.6 Å². The zero-order valence-electron chi connectivity index (χ0n) is 11.8. The Morgan fingerprint density at radius 2 is 2.30 bits per heavy atom. The highest BCUT2D eigenvalue weighted by molar-refractivity contribution is 5.99. The normalized spacial score (nSPS) is 16.4. The molecule has 1 fully saturated rings. The average molecular weight is 273 g/mol. The molecule has 1 aliphatic carbocycles. The summed E-state index contributed by atoms with van der Waals surface area (Å²) < 4.78 is 1.69. The molecule has 6 heteroatoms. The van der Waals surface area contributed by atoms with E-state index >= 15 is 0 Å². The molecule has 3 rings (SSSR count). The highest BCUT2D eigenvalue weighted by atomic mass is 16.1. The van der Waals surface area contributed by atoms with E-state index < -0.39 is 0 Å². The van der Waals surface area contributed by atoms with Crippen molar-refractivity contribution in [1.29, 1.82) is 0 Å². The lowest BCUT2D eigenvalue weighted by atomic mass is 10.1. The van der Waals surface area contributed by atoms with E-state index in [4.69, 9.17) is 5.73 Å². The van der Waals surface area contributed by atoms with Crippen LogP contribution in [0.4, 0.5) is 0 Å². The van der Waals surface area contributed by atoms with Crippen LogP contribution in [0.5, 0.6) is 0 Å². The number of nitrogens with zero attached hydrogens (tertiary/aromatic N) is 3. The summed E-state index contributed by atoms with van der Waals surface area (Å²) in [6.45, 7) is 4.33. The fourth-order valence-electron chi connectivity index (χ4n) is 2.54. The smallest absolute Gasteiger partial charge is 0.257 e. The number of amides is 1. The summed E-state index contributed by atoms with van der Waals surface area (Å²) in [5.41, 5.74) is 8.68. The van der Waals surface area contributed by atoms with Crippen molar-refractivity contribution < 1.29 is 4.79 Å². The molecule has 1 unspecified atom stereocenters. The molecule has 1 atom stereocenters. The first-order valence-corrected chi connectivity index (χ1v) is 6.93. The molecule has 6 nitrogen and oxygen atoms in total. The second kappa shape index (κ2) is 4.86. The van der Waals surface area contributed by atoms with Gasteiger partial charge in [-0.2, -0.15) is 5.10 Å². The number of aromatic nitrogens is 3. The van der Waals surface area contributed by atoms with Gasteiger partial charge in [0.1, 0.15) is 5.56 Å². The molecule has 1 amide bonds. The van der Waals surface area contributed by atoms with E-state index in [2.05, 4.69) is 15.4 Å². The molecule has 2 aromatic rings. The number of rotatable bonds is 4. The molecule has 1 aliphatic rings. The van der Waals surface area contributed by atoms with Crippen molar-refractivity contribution in [2.24, 2.45) is 11.7 Å². The topological polar surface area (TPSA) is 85.3 Å². The summed E-state index contributed by atoms with van der Waals surface area (Å²) in [6, 6.07) is 2.00. The minimum atomic E-state index is -0.139. The third kappa shape index (κ3) is 2.27. The molecule has 2 heterocycles. The van der Waals surface area contributed by atoms with Crippen LogP contribution in [0, 0.1) is 19.8 Å². The number of fused-ring (bicyclic) bond motifs is 1. The van der Waals surface area contributed by atoms with E-state index in [9.17, 15) is 4.79 Å². The zero-order chi connectivity index (χ0) is 14.3. The predicted octanol–water partition coefficient (Wildman–Crippen LogP) is 0.813.